The third-order valence-electron chi connectivity index (χ3n) is 3.04. The maximum atomic E-state index is 5.06. The molecule has 1 fully saturated rings. The van der Waals surface area contributed by atoms with E-state index in [0.29, 0.717) is 5.25 Å². The largest absolute Gasteiger partial charge is 0.383 e. The van der Waals surface area contributed by atoms with Crippen molar-refractivity contribution in [1.29, 1.82) is 0 Å². The minimum absolute atomic E-state index is 0.677. The Bertz CT molecular complexity index is 389. The van der Waals surface area contributed by atoms with Crippen molar-refractivity contribution in [3.8, 4) is 0 Å². The first-order valence-electron chi connectivity index (χ1n) is 7.00. The van der Waals surface area contributed by atoms with Gasteiger partial charge >= 0.3 is 0 Å². The Morgan fingerprint density at radius 3 is 2.89 bits per heavy atom. The Hall–Kier alpha value is -0.100. The molecule has 1 aromatic rings. The van der Waals surface area contributed by atoms with Crippen LogP contribution in [0.4, 0.5) is 0 Å². The Balaban J connectivity index is 1.91. The fourth-order valence-electron chi connectivity index (χ4n) is 1.89. The van der Waals surface area contributed by atoms with E-state index in [-0.39, 0.29) is 0 Å². The van der Waals surface area contributed by atoms with E-state index >= 15 is 0 Å². The van der Waals surface area contributed by atoms with E-state index in [1.54, 1.807) is 7.11 Å². The topological polar surface area (TPSA) is 34.1 Å². The molecule has 0 bridgehead atoms. The molecule has 0 radical (unpaired) electrons. The van der Waals surface area contributed by atoms with Crippen LogP contribution in [0, 0.1) is 0 Å². The van der Waals surface area contributed by atoms with Crippen LogP contribution >= 0.6 is 23.1 Å². The third-order valence-corrected chi connectivity index (χ3v) is 5.41. The summed E-state index contributed by atoms with van der Waals surface area (Å²) in [6.07, 6.45) is 2.65. The van der Waals surface area contributed by atoms with Gasteiger partial charge in [-0.25, -0.2) is 4.98 Å². The number of rotatable bonds is 9. The van der Waals surface area contributed by atoms with Gasteiger partial charge in [0, 0.05) is 36.7 Å². The lowest BCUT2D eigenvalue weighted by Crippen LogP contribution is -2.18. The fourth-order valence-corrected chi connectivity index (χ4v) is 3.79. The second-order valence-corrected chi connectivity index (χ2v) is 7.95. The van der Waals surface area contributed by atoms with Crippen molar-refractivity contribution < 1.29 is 4.74 Å². The zero-order valence-corrected chi connectivity index (χ0v) is 13.7. The van der Waals surface area contributed by atoms with E-state index in [1.807, 2.05) is 23.1 Å². The van der Waals surface area contributed by atoms with E-state index in [1.165, 1.54) is 28.4 Å². The number of hydrogen-bond donors (Lipinski definition) is 1. The van der Waals surface area contributed by atoms with Crippen LogP contribution in [0.25, 0.3) is 0 Å². The molecular formula is C14H24N2OS2. The second kappa shape index (κ2) is 7.62. The molecule has 0 saturated heterocycles. The average Bonchev–Trinajstić information content (AvgIpc) is 3.14. The van der Waals surface area contributed by atoms with Gasteiger partial charge in [-0.15, -0.1) is 11.3 Å². The van der Waals surface area contributed by atoms with Crippen LogP contribution in [0.1, 0.15) is 48.2 Å². The number of hydrogen-bond acceptors (Lipinski definition) is 5. The highest BCUT2D eigenvalue weighted by molar-refractivity contribution is 7.99. The summed E-state index contributed by atoms with van der Waals surface area (Å²) in [5.74, 6) is 1.80. The summed E-state index contributed by atoms with van der Waals surface area (Å²) in [6, 6.07) is 0. The molecule has 0 spiro atoms. The first-order valence-corrected chi connectivity index (χ1v) is 8.87. The van der Waals surface area contributed by atoms with E-state index < -0.39 is 0 Å². The zero-order valence-electron chi connectivity index (χ0n) is 12.1. The average molecular weight is 300 g/mol. The molecule has 1 aliphatic rings. The van der Waals surface area contributed by atoms with Crippen molar-refractivity contribution in [2.45, 2.75) is 50.2 Å². The number of thioether (sulfide) groups is 1. The fraction of sp³-hybridized carbons (Fsp3) is 0.786. The lowest BCUT2D eigenvalue weighted by atomic mass is 10.2. The Morgan fingerprint density at radius 1 is 1.47 bits per heavy atom. The van der Waals surface area contributed by atoms with Gasteiger partial charge in [0.05, 0.1) is 12.3 Å². The normalized spacial score (nSPS) is 15.4. The van der Waals surface area contributed by atoms with E-state index in [2.05, 4.69) is 19.2 Å². The molecule has 5 heteroatoms. The molecule has 1 aromatic heterocycles. The van der Waals surface area contributed by atoms with Gasteiger partial charge in [0.15, 0.2) is 0 Å². The number of thiazole rings is 1. The standard InChI is InChI=1S/C14H24N2OS2/c1-10(2)18-9-13-16-14(11-4-5-11)12(19-13)8-15-6-7-17-3/h10-11,15H,4-9H2,1-3H3. The van der Waals surface area contributed by atoms with Crippen LogP contribution in [-0.4, -0.2) is 30.5 Å². The molecule has 1 heterocycles. The molecule has 1 aliphatic carbocycles. The second-order valence-electron chi connectivity index (χ2n) is 5.22. The van der Waals surface area contributed by atoms with Gasteiger partial charge < -0.3 is 10.1 Å². The van der Waals surface area contributed by atoms with Gasteiger partial charge in [-0.1, -0.05) is 13.8 Å². The minimum atomic E-state index is 0.677. The van der Waals surface area contributed by atoms with Crippen molar-refractivity contribution in [3.63, 3.8) is 0 Å². The van der Waals surface area contributed by atoms with Gasteiger partial charge in [-0.3, -0.25) is 0 Å². The van der Waals surface area contributed by atoms with Crippen LogP contribution in [-0.2, 0) is 17.0 Å². The van der Waals surface area contributed by atoms with Crippen LogP contribution in [0.3, 0.4) is 0 Å². The molecular weight excluding hydrogens is 276 g/mol. The lowest BCUT2D eigenvalue weighted by molar-refractivity contribution is 0.199. The van der Waals surface area contributed by atoms with Gasteiger partial charge in [0.1, 0.15) is 5.01 Å². The van der Waals surface area contributed by atoms with Crippen LogP contribution < -0.4 is 5.32 Å². The molecule has 1 N–H and O–H groups in total. The van der Waals surface area contributed by atoms with Gasteiger partial charge in [-0.2, -0.15) is 11.8 Å². The summed E-state index contributed by atoms with van der Waals surface area (Å²) < 4.78 is 5.06. The quantitative estimate of drug-likeness (QED) is 0.709. The summed E-state index contributed by atoms with van der Waals surface area (Å²) in [4.78, 5) is 6.31. The van der Waals surface area contributed by atoms with Crippen molar-refractivity contribution >= 4 is 23.1 Å². The molecule has 0 amide bonds. The van der Waals surface area contributed by atoms with E-state index in [4.69, 9.17) is 9.72 Å². The predicted molar refractivity (Wildman–Crippen MR) is 84.1 cm³/mol. The maximum Gasteiger partial charge on any atom is 0.103 e. The lowest BCUT2D eigenvalue weighted by Gasteiger charge is -2.03. The summed E-state index contributed by atoms with van der Waals surface area (Å²) in [6.45, 7) is 7.11. The maximum absolute atomic E-state index is 5.06. The molecule has 1 saturated carbocycles. The molecule has 0 aromatic carbocycles. The van der Waals surface area contributed by atoms with E-state index in [0.717, 1.165) is 31.4 Å². The van der Waals surface area contributed by atoms with Crippen LogP contribution in [0.2, 0.25) is 0 Å². The predicted octanol–water partition coefficient (Wildman–Crippen LogP) is 3.40. The number of methoxy groups -OCH3 is 1. The monoisotopic (exact) mass is 300 g/mol. The summed E-state index contributed by atoms with van der Waals surface area (Å²) in [5.41, 5.74) is 1.37. The van der Waals surface area contributed by atoms with E-state index in [9.17, 15) is 0 Å². The first kappa shape index (κ1) is 15.3. The third kappa shape index (κ3) is 5.06. The summed E-state index contributed by atoms with van der Waals surface area (Å²) in [5, 5.41) is 5.42. The summed E-state index contributed by atoms with van der Waals surface area (Å²) >= 11 is 3.87. The smallest absolute Gasteiger partial charge is 0.103 e. The molecule has 108 valence electrons. The number of nitrogens with one attached hydrogen (secondary N) is 1. The summed E-state index contributed by atoms with van der Waals surface area (Å²) in [7, 11) is 1.74. The molecule has 0 aliphatic heterocycles. The first-order chi connectivity index (χ1) is 9.20. The van der Waals surface area contributed by atoms with Crippen molar-refractivity contribution in [2.75, 3.05) is 20.3 Å². The zero-order chi connectivity index (χ0) is 13.7. The highest BCUT2D eigenvalue weighted by atomic mass is 32.2. The highest BCUT2D eigenvalue weighted by Gasteiger charge is 2.29. The molecule has 3 nitrogen and oxygen atoms in total. The molecule has 19 heavy (non-hydrogen) atoms. The SMILES string of the molecule is COCCNCc1sc(CSC(C)C)nc1C1CC1. The molecule has 0 atom stereocenters. The van der Waals surface area contributed by atoms with Crippen LogP contribution in [0.5, 0.6) is 0 Å². The van der Waals surface area contributed by atoms with Crippen molar-refractivity contribution in [1.82, 2.24) is 10.3 Å². The Morgan fingerprint density at radius 2 is 2.26 bits per heavy atom. The minimum Gasteiger partial charge on any atom is -0.383 e. The number of aromatic nitrogens is 1. The van der Waals surface area contributed by atoms with Crippen molar-refractivity contribution in [3.05, 3.63) is 15.6 Å². The van der Waals surface area contributed by atoms with Crippen molar-refractivity contribution in [2.24, 2.45) is 0 Å². The Labute approximate surface area is 124 Å². The molecule has 2 rings (SSSR count). The Kier molecular flexibility index (Phi) is 6.13. The number of nitrogens with zero attached hydrogens (tertiary/aromatic N) is 1. The highest BCUT2D eigenvalue weighted by Crippen LogP contribution is 2.43. The van der Waals surface area contributed by atoms with Gasteiger partial charge in [0.25, 0.3) is 0 Å². The van der Waals surface area contributed by atoms with Gasteiger partial charge in [0.2, 0.25) is 0 Å². The molecule has 0 unspecified atom stereocenters. The van der Waals surface area contributed by atoms with Crippen LogP contribution in [0.15, 0.2) is 0 Å². The number of ether oxygens (including phenoxy) is 1. The van der Waals surface area contributed by atoms with Gasteiger partial charge in [-0.05, 0) is 18.1 Å².